The van der Waals surface area contributed by atoms with Crippen LogP contribution in [0, 0.1) is 33.6 Å². The van der Waals surface area contributed by atoms with Gasteiger partial charge in [-0.1, -0.05) is 32.0 Å². The van der Waals surface area contributed by atoms with Crippen molar-refractivity contribution in [3.63, 3.8) is 0 Å². The Morgan fingerprint density at radius 3 is 2.46 bits per heavy atom. The van der Waals surface area contributed by atoms with E-state index in [0.717, 1.165) is 45.3 Å². The molecule has 6 nitrogen and oxygen atoms in total. The van der Waals surface area contributed by atoms with Gasteiger partial charge in [0.2, 0.25) is 4.34 Å². The van der Waals surface area contributed by atoms with Crippen LogP contribution in [0.5, 0.6) is 5.75 Å². The molecule has 1 atom stereocenters. The van der Waals surface area contributed by atoms with Crippen molar-refractivity contribution in [3.05, 3.63) is 75.3 Å². The standard InChI is InChI=1S/C27H32N2O4S2/c1-17(2)14-29(35(32)27-28-21(6)16-34-27)24-12-18(3)19(4)13-25(24)33-15-23-9-7-22(11-20(23)5)8-10-26(30)31/h7-13,16-17H,14-15H2,1-6H3,(H,30,31)/b10-8+. The third kappa shape index (κ3) is 7.02. The van der Waals surface area contributed by atoms with Crippen LogP contribution < -0.4 is 9.04 Å². The third-order valence-corrected chi connectivity index (χ3v) is 8.10. The van der Waals surface area contributed by atoms with E-state index < -0.39 is 17.0 Å². The average molecular weight is 513 g/mol. The van der Waals surface area contributed by atoms with Crippen LogP contribution in [-0.4, -0.2) is 26.8 Å². The Bertz CT molecular complexity index is 1260. The summed E-state index contributed by atoms with van der Waals surface area (Å²) in [5, 5.41) is 10.8. The number of anilines is 1. The van der Waals surface area contributed by atoms with E-state index >= 15 is 0 Å². The summed E-state index contributed by atoms with van der Waals surface area (Å²) in [7, 11) is -1.45. The molecule has 1 aromatic heterocycles. The molecule has 2 aromatic carbocycles. The van der Waals surface area contributed by atoms with Gasteiger partial charge in [0, 0.05) is 23.7 Å². The lowest BCUT2D eigenvalue weighted by Gasteiger charge is -2.27. The van der Waals surface area contributed by atoms with Gasteiger partial charge in [0.15, 0.2) is 11.0 Å². The number of carboxylic acids is 1. The van der Waals surface area contributed by atoms with Crippen molar-refractivity contribution >= 4 is 40.1 Å². The van der Waals surface area contributed by atoms with Crippen LogP contribution in [0.1, 0.15) is 47.4 Å². The highest BCUT2D eigenvalue weighted by Crippen LogP contribution is 2.35. The molecule has 0 amide bonds. The van der Waals surface area contributed by atoms with E-state index in [1.54, 1.807) is 6.08 Å². The number of ether oxygens (including phenoxy) is 1. The molecule has 3 rings (SSSR count). The molecule has 0 saturated heterocycles. The van der Waals surface area contributed by atoms with Gasteiger partial charge in [-0.15, -0.1) is 11.3 Å². The summed E-state index contributed by atoms with van der Waals surface area (Å²) in [6.07, 6.45) is 2.69. The predicted octanol–water partition coefficient (Wildman–Crippen LogP) is 6.24. The van der Waals surface area contributed by atoms with Crippen LogP contribution in [-0.2, 0) is 22.4 Å². The number of aromatic nitrogens is 1. The Morgan fingerprint density at radius 2 is 1.86 bits per heavy atom. The first-order valence-corrected chi connectivity index (χ1v) is 13.4. The number of thiazole rings is 1. The number of hydrogen-bond acceptors (Lipinski definition) is 5. The van der Waals surface area contributed by atoms with Crippen LogP contribution in [0.3, 0.4) is 0 Å². The number of carbonyl (C=O) groups is 1. The van der Waals surface area contributed by atoms with E-state index in [2.05, 4.69) is 18.8 Å². The van der Waals surface area contributed by atoms with Crippen molar-refractivity contribution in [2.24, 2.45) is 5.92 Å². The number of nitrogens with zero attached hydrogens (tertiary/aromatic N) is 2. The van der Waals surface area contributed by atoms with Crippen LogP contribution in [0.2, 0.25) is 0 Å². The summed E-state index contributed by atoms with van der Waals surface area (Å²) in [5.74, 6) is -0.0266. The smallest absolute Gasteiger partial charge is 0.328 e. The first kappa shape index (κ1) is 26.6. The van der Waals surface area contributed by atoms with Gasteiger partial charge < -0.3 is 9.84 Å². The minimum atomic E-state index is -1.45. The molecular formula is C27H32N2O4S2. The minimum Gasteiger partial charge on any atom is -0.487 e. The van der Waals surface area contributed by atoms with Gasteiger partial charge in [-0.05, 0) is 79.6 Å². The summed E-state index contributed by atoms with van der Waals surface area (Å²) in [6.45, 7) is 13.1. The zero-order valence-electron chi connectivity index (χ0n) is 21.0. The highest BCUT2D eigenvalue weighted by atomic mass is 32.2. The second-order valence-corrected chi connectivity index (χ2v) is 11.5. The molecule has 0 aliphatic heterocycles. The number of carboxylic acid groups (broad SMARTS) is 1. The Hall–Kier alpha value is -2.97. The summed E-state index contributed by atoms with van der Waals surface area (Å²) in [6, 6.07) is 9.79. The van der Waals surface area contributed by atoms with E-state index in [1.165, 1.54) is 11.3 Å². The van der Waals surface area contributed by atoms with Crippen LogP contribution in [0.25, 0.3) is 6.08 Å². The lowest BCUT2D eigenvalue weighted by molar-refractivity contribution is -0.131. The van der Waals surface area contributed by atoms with E-state index in [-0.39, 0.29) is 5.92 Å². The molecule has 0 aliphatic rings. The normalized spacial score (nSPS) is 12.3. The predicted molar refractivity (Wildman–Crippen MR) is 144 cm³/mol. The zero-order valence-corrected chi connectivity index (χ0v) is 22.6. The minimum absolute atomic E-state index is 0.281. The van der Waals surface area contributed by atoms with Gasteiger partial charge >= 0.3 is 5.97 Å². The van der Waals surface area contributed by atoms with Crippen molar-refractivity contribution in [3.8, 4) is 5.75 Å². The maximum Gasteiger partial charge on any atom is 0.328 e. The molecule has 1 N–H and O–H groups in total. The summed E-state index contributed by atoms with van der Waals surface area (Å²) in [5.41, 5.74) is 6.65. The molecule has 1 unspecified atom stereocenters. The van der Waals surface area contributed by atoms with Crippen LogP contribution >= 0.6 is 11.3 Å². The Labute approximate surface area is 213 Å². The number of aryl methyl sites for hydroxylation is 4. The molecule has 0 fully saturated rings. The van der Waals surface area contributed by atoms with E-state index in [0.29, 0.717) is 23.2 Å². The second-order valence-electron chi connectivity index (χ2n) is 9.01. The number of aliphatic carboxylic acids is 1. The first-order chi connectivity index (χ1) is 16.5. The van der Waals surface area contributed by atoms with Crippen molar-refractivity contribution in [2.75, 3.05) is 10.8 Å². The summed E-state index contributed by atoms with van der Waals surface area (Å²) >= 11 is 1.40. The Morgan fingerprint density at radius 1 is 1.14 bits per heavy atom. The molecular weight excluding hydrogens is 480 g/mol. The van der Waals surface area contributed by atoms with Gasteiger partial charge in [-0.25, -0.2) is 14.0 Å². The average Bonchev–Trinajstić information content (AvgIpc) is 3.23. The van der Waals surface area contributed by atoms with Gasteiger partial charge in [-0.2, -0.15) is 0 Å². The van der Waals surface area contributed by atoms with Crippen molar-refractivity contribution in [1.82, 2.24) is 4.98 Å². The van der Waals surface area contributed by atoms with Crippen molar-refractivity contribution < 1.29 is 18.8 Å². The van der Waals surface area contributed by atoms with E-state index in [4.69, 9.17) is 9.84 Å². The summed E-state index contributed by atoms with van der Waals surface area (Å²) < 4.78 is 22.4. The fourth-order valence-corrected chi connectivity index (χ4v) is 5.92. The number of rotatable bonds is 10. The lowest BCUT2D eigenvalue weighted by Crippen LogP contribution is -2.30. The molecule has 0 saturated carbocycles. The molecule has 0 radical (unpaired) electrons. The molecule has 0 spiro atoms. The monoisotopic (exact) mass is 512 g/mol. The third-order valence-electron chi connectivity index (χ3n) is 5.49. The first-order valence-electron chi connectivity index (χ1n) is 11.4. The highest BCUT2D eigenvalue weighted by molar-refractivity contribution is 7.88. The largest absolute Gasteiger partial charge is 0.487 e. The Kier molecular flexibility index (Phi) is 8.86. The van der Waals surface area contributed by atoms with Crippen molar-refractivity contribution in [1.29, 1.82) is 0 Å². The van der Waals surface area contributed by atoms with Crippen LogP contribution in [0.4, 0.5) is 5.69 Å². The summed E-state index contributed by atoms with van der Waals surface area (Å²) in [4.78, 5) is 15.3. The fraction of sp³-hybridized carbons (Fsp3) is 0.333. The quantitative estimate of drug-likeness (QED) is 0.325. The van der Waals surface area contributed by atoms with E-state index in [1.807, 2.05) is 67.7 Å². The molecule has 0 bridgehead atoms. The van der Waals surface area contributed by atoms with Gasteiger partial charge in [0.25, 0.3) is 0 Å². The molecule has 0 aliphatic carbocycles. The molecule has 3 aromatic rings. The van der Waals surface area contributed by atoms with Crippen LogP contribution in [0.15, 0.2) is 46.1 Å². The van der Waals surface area contributed by atoms with Gasteiger partial charge in [-0.3, -0.25) is 4.31 Å². The number of benzene rings is 2. The maximum absolute atomic E-state index is 13.6. The lowest BCUT2D eigenvalue weighted by atomic mass is 10.0. The Balaban J connectivity index is 1.93. The molecule has 1 heterocycles. The SMILES string of the molecule is Cc1csc(S(=O)N(CC(C)C)c2cc(C)c(C)cc2OCc2ccc(/C=C/C(=O)O)cc2C)n1. The number of hydrogen-bond donors (Lipinski definition) is 1. The molecule has 186 valence electrons. The highest BCUT2D eigenvalue weighted by Gasteiger charge is 2.24. The van der Waals surface area contributed by atoms with E-state index in [9.17, 15) is 9.00 Å². The maximum atomic E-state index is 13.6. The van der Waals surface area contributed by atoms with Gasteiger partial charge in [0.1, 0.15) is 12.4 Å². The van der Waals surface area contributed by atoms with Crippen molar-refractivity contribution in [2.45, 2.75) is 52.5 Å². The fourth-order valence-electron chi connectivity index (χ4n) is 3.49. The molecule has 8 heteroatoms. The topological polar surface area (TPSA) is 79.7 Å². The zero-order chi connectivity index (χ0) is 25.7. The second kappa shape index (κ2) is 11.6. The van der Waals surface area contributed by atoms with Gasteiger partial charge in [0.05, 0.1) is 5.69 Å². The molecule has 35 heavy (non-hydrogen) atoms.